The van der Waals surface area contributed by atoms with E-state index in [9.17, 15) is 4.79 Å². The van der Waals surface area contributed by atoms with Crippen molar-refractivity contribution in [2.75, 3.05) is 13.1 Å². The molecule has 1 N–H and O–H groups in total. The van der Waals surface area contributed by atoms with Gasteiger partial charge in [-0.05, 0) is 31.1 Å². The van der Waals surface area contributed by atoms with Crippen LogP contribution in [0.25, 0.3) is 0 Å². The van der Waals surface area contributed by atoms with Crippen LogP contribution in [0.5, 0.6) is 0 Å². The third-order valence-corrected chi connectivity index (χ3v) is 5.88. The lowest BCUT2D eigenvalue weighted by Gasteiger charge is -2.32. The second-order valence-corrected chi connectivity index (χ2v) is 6.91. The monoisotopic (exact) mass is 325 g/mol. The van der Waals surface area contributed by atoms with Gasteiger partial charge in [0.1, 0.15) is 5.82 Å². The fourth-order valence-electron chi connectivity index (χ4n) is 2.95. The molecule has 1 aliphatic heterocycles. The molecule has 2 heterocycles. The molecule has 3 rings (SSSR count). The summed E-state index contributed by atoms with van der Waals surface area (Å²) < 4.78 is 0. The topological polar surface area (TPSA) is 49.0 Å². The number of nitrogens with one attached hydrogen (secondary N) is 1. The molecule has 104 valence electrons. The number of aromatic nitrogens is 2. The van der Waals surface area contributed by atoms with Crippen LogP contribution in [0.2, 0.25) is 0 Å². The highest BCUT2D eigenvalue weighted by Gasteiger charge is 2.53. The lowest BCUT2D eigenvalue weighted by Crippen LogP contribution is -2.40. The third-order valence-electron chi connectivity index (χ3n) is 4.58. The molecule has 1 spiro atoms. The van der Waals surface area contributed by atoms with Gasteiger partial charge in [0.05, 0.1) is 6.42 Å². The molecule has 1 saturated heterocycles. The maximum Gasteiger partial charge on any atom is 0.230 e. The summed E-state index contributed by atoms with van der Waals surface area (Å²) in [5, 5.41) is 0. The quantitative estimate of drug-likeness (QED) is 0.867. The number of hydrogen-bond acceptors (Lipinski definition) is 2. The number of alkyl halides is 1. The highest BCUT2D eigenvalue weighted by molar-refractivity contribution is 9.09. The van der Waals surface area contributed by atoms with Gasteiger partial charge in [0, 0.05) is 29.8 Å². The summed E-state index contributed by atoms with van der Waals surface area (Å²) in [6.45, 7) is 3.89. The Morgan fingerprint density at radius 1 is 1.58 bits per heavy atom. The number of aryl methyl sites for hydroxylation is 1. The number of likely N-dealkylation sites (tertiary alicyclic amines) is 1. The number of carbonyl (C=O) groups excluding carboxylic acids is 1. The summed E-state index contributed by atoms with van der Waals surface area (Å²) in [6, 6.07) is 0. The maximum absolute atomic E-state index is 12.2. The van der Waals surface area contributed by atoms with Gasteiger partial charge in [0.25, 0.3) is 0 Å². The van der Waals surface area contributed by atoms with Gasteiger partial charge >= 0.3 is 0 Å². The Hall–Kier alpha value is -0.840. The van der Waals surface area contributed by atoms with E-state index in [-0.39, 0.29) is 5.91 Å². The normalized spacial score (nSPS) is 24.7. The van der Waals surface area contributed by atoms with Gasteiger partial charge in [0.15, 0.2) is 0 Å². The van der Waals surface area contributed by atoms with Crippen molar-refractivity contribution in [3.8, 4) is 0 Å². The SMILES string of the molecule is CCc1cnc(CC(=O)N2CCC3(CC2)CC3Br)[nH]1. The number of H-pyrrole nitrogens is 1. The zero-order valence-corrected chi connectivity index (χ0v) is 12.9. The molecule has 19 heavy (non-hydrogen) atoms. The largest absolute Gasteiger partial charge is 0.345 e. The molecule has 1 aromatic heterocycles. The molecule has 1 unspecified atom stereocenters. The van der Waals surface area contributed by atoms with Crippen molar-refractivity contribution < 1.29 is 4.79 Å². The van der Waals surface area contributed by atoms with Gasteiger partial charge in [-0.2, -0.15) is 0 Å². The zero-order chi connectivity index (χ0) is 13.5. The second-order valence-electron chi connectivity index (χ2n) is 5.80. The molecule has 1 atom stereocenters. The van der Waals surface area contributed by atoms with E-state index in [1.807, 2.05) is 11.1 Å². The molecule has 4 nitrogen and oxygen atoms in total. The number of hydrogen-bond donors (Lipinski definition) is 1. The van der Waals surface area contributed by atoms with E-state index in [1.54, 1.807) is 0 Å². The number of rotatable bonds is 3. The molecule has 5 heteroatoms. The van der Waals surface area contributed by atoms with Crippen LogP contribution in [0.15, 0.2) is 6.20 Å². The van der Waals surface area contributed by atoms with Crippen LogP contribution in [-0.2, 0) is 17.6 Å². The molecule has 0 bridgehead atoms. The lowest BCUT2D eigenvalue weighted by atomic mass is 9.93. The summed E-state index contributed by atoms with van der Waals surface area (Å²) in [4.78, 5) is 22.4. The highest BCUT2D eigenvalue weighted by atomic mass is 79.9. The van der Waals surface area contributed by atoms with Crippen LogP contribution >= 0.6 is 15.9 Å². The summed E-state index contributed by atoms with van der Waals surface area (Å²) >= 11 is 3.70. The van der Waals surface area contributed by atoms with Crippen molar-refractivity contribution in [1.82, 2.24) is 14.9 Å². The van der Waals surface area contributed by atoms with Crippen molar-refractivity contribution in [3.63, 3.8) is 0 Å². The minimum atomic E-state index is 0.207. The summed E-state index contributed by atoms with van der Waals surface area (Å²) in [6.07, 6.45) is 6.74. The van der Waals surface area contributed by atoms with E-state index in [0.717, 1.165) is 43.9 Å². The van der Waals surface area contributed by atoms with Crippen LogP contribution in [0.4, 0.5) is 0 Å². The predicted molar refractivity (Wildman–Crippen MR) is 77.2 cm³/mol. The molecular weight excluding hydrogens is 306 g/mol. The molecule has 1 saturated carbocycles. The molecular formula is C14H20BrN3O. The van der Waals surface area contributed by atoms with E-state index in [0.29, 0.717) is 16.7 Å². The molecule has 0 radical (unpaired) electrons. The number of halogens is 1. The number of imidazole rings is 1. The Kier molecular flexibility index (Phi) is 3.41. The molecule has 2 aliphatic rings. The highest BCUT2D eigenvalue weighted by Crippen LogP contribution is 2.58. The molecule has 0 aromatic carbocycles. The number of aromatic amines is 1. The van der Waals surface area contributed by atoms with Crippen LogP contribution in [0.1, 0.15) is 37.7 Å². The van der Waals surface area contributed by atoms with Gasteiger partial charge in [0.2, 0.25) is 5.91 Å². The van der Waals surface area contributed by atoms with Gasteiger partial charge < -0.3 is 9.88 Å². The number of nitrogens with zero attached hydrogens (tertiary/aromatic N) is 2. The first-order valence-electron chi connectivity index (χ1n) is 7.07. The summed E-state index contributed by atoms with van der Waals surface area (Å²) in [7, 11) is 0. The fraction of sp³-hybridized carbons (Fsp3) is 0.714. The van der Waals surface area contributed by atoms with Gasteiger partial charge in [-0.3, -0.25) is 4.79 Å². The Morgan fingerprint density at radius 2 is 2.26 bits per heavy atom. The fourth-order valence-corrected chi connectivity index (χ4v) is 4.05. The van der Waals surface area contributed by atoms with E-state index >= 15 is 0 Å². The van der Waals surface area contributed by atoms with Crippen molar-refractivity contribution in [1.29, 1.82) is 0 Å². The number of amides is 1. The number of carbonyl (C=O) groups is 1. The Balaban J connectivity index is 1.53. The van der Waals surface area contributed by atoms with E-state index in [4.69, 9.17) is 0 Å². The minimum absolute atomic E-state index is 0.207. The third kappa shape index (κ3) is 2.57. The first kappa shape index (κ1) is 13.2. The van der Waals surface area contributed by atoms with Crippen molar-refractivity contribution in [2.24, 2.45) is 5.41 Å². The van der Waals surface area contributed by atoms with Crippen LogP contribution < -0.4 is 0 Å². The molecule has 2 fully saturated rings. The number of piperidine rings is 1. The minimum Gasteiger partial charge on any atom is -0.345 e. The predicted octanol–water partition coefficient (Wildman–Crippen LogP) is 2.29. The van der Waals surface area contributed by atoms with Crippen LogP contribution in [0, 0.1) is 5.41 Å². The summed E-state index contributed by atoms with van der Waals surface area (Å²) in [5.41, 5.74) is 1.61. The van der Waals surface area contributed by atoms with Gasteiger partial charge in [-0.15, -0.1) is 0 Å². The summed E-state index contributed by atoms with van der Waals surface area (Å²) in [5.74, 6) is 1.01. The Morgan fingerprint density at radius 3 is 2.79 bits per heavy atom. The van der Waals surface area contributed by atoms with Gasteiger partial charge in [-0.1, -0.05) is 22.9 Å². The maximum atomic E-state index is 12.2. The van der Waals surface area contributed by atoms with E-state index in [2.05, 4.69) is 32.8 Å². The Labute approximate surface area is 122 Å². The van der Waals surface area contributed by atoms with Crippen molar-refractivity contribution in [3.05, 3.63) is 17.7 Å². The van der Waals surface area contributed by atoms with Crippen molar-refractivity contribution in [2.45, 2.75) is 43.9 Å². The molecule has 1 aromatic rings. The van der Waals surface area contributed by atoms with Crippen LogP contribution in [-0.4, -0.2) is 38.7 Å². The van der Waals surface area contributed by atoms with E-state index < -0.39 is 0 Å². The second kappa shape index (κ2) is 4.93. The lowest BCUT2D eigenvalue weighted by molar-refractivity contribution is -0.132. The van der Waals surface area contributed by atoms with E-state index in [1.165, 1.54) is 6.42 Å². The standard InChI is InChI=1S/C14H20BrN3O/c1-2-10-9-16-12(17-10)7-13(19)18-5-3-14(4-6-18)8-11(14)15/h9,11H,2-8H2,1H3,(H,16,17). The molecule has 1 aliphatic carbocycles. The first-order valence-corrected chi connectivity index (χ1v) is 7.99. The Bertz CT molecular complexity index is 477. The average Bonchev–Trinajstić information content (AvgIpc) is 2.85. The average molecular weight is 326 g/mol. The molecule has 1 amide bonds. The van der Waals surface area contributed by atoms with Crippen molar-refractivity contribution >= 4 is 21.8 Å². The first-order chi connectivity index (χ1) is 9.13. The van der Waals surface area contributed by atoms with Crippen LogP contribution in [0.3, 0.4) is 0 Å². The smallest absolute Gasteiger partial charge is 0.230 e. The zero-order valence-electron chi connectivity index (χ0n) is 11.3. The van der Waals surface area contributed by atoms with Gasteiger partial charge in [-0.25, -0.2) is 4.98 Å².